The summed E-state index contributed by atoms with van der Waals surface area (Å²) in [4.78, 5) is 16.7. The van der Waals surface area contributed by atoms with E-state index in [-0.39, 0.29) is 11.8 Å². The van der Waals surface area contributed by atoms with Gasteiger partial charge in [0.1, 0.15) is 0 Å². The second-order valence-corrected chi connectivity index (χ2v) is 6.89. The average Bonchev–Trinajstić information content (AvgIpc) is 2.59. The highest BCUT2D eigenvalue weighted by Crippen LogP contribution is 2.19. The van der Waals surface area contributed by atoms with Crippen molar-refractivity contribution >= 4 is 28.9 Å². The van der Waals surface area contributed by atoms with Crippen molar-refractivity contribution in [2.45, 2.75) is 19.3 Å². The number of rotatable bonds is 6. The lowest BCUT2D eigenvalue weighted by Crippen LogP contribution is -2.46. The maximum Gasteiger partial charge on any atom is 0.227 e. The minimum Gasteiger partial charge on any atom is -0.363 e. The minimum atomic E-state index is 0.0676. The van der Waals surface area contributed by atoms with E-state index < -0.39 is 0 Å². The number of thiocarbonyl (C=S) groups is 1. The zero-order valence-electron chi connectivity index (χ0n) is 14.6. The Morgan fingerprint density at radius 1 is 1.25 bits per heavy atom. The van der Waals surface area contributed by atoms with Gasteiger partial charge in [0.15, 0.2) is 5.11 Å². The smallest absolute Gasteiger partial charge is 0.227 e. The lowest BCUT2D eigenvalue weighted by atomic mass is 9.96. The van der Waals surface area contributed by atoms with Crippen LogP contribution in [-0.4, -0.2) is 61.1 Å². The van der Waals surface area contributed by atoms with Gasteiger partial charge >= 0.3 is 0 Å². The van der Waals surface area contributed by atoms with Crippen molar-refractivity contribution in [1.82, 2.24) is 15.1 Å². The van der Waals surface area contributed by atoms with Crippen LogP contribution in [0.3, 0.4) is 0 Å². The highest BCUT2D eigenvalue weighted by atomic mass is 32.1. The van der Waals surface area contributed by atoms with Crippen LogP contribution in [0.15, 0.2) is 30.3 Å². The van der Waals surface area contributed by atoms with E-state index in [4.69, 9.17) is 12.2 Å². The van der Waals surface area contributed by atoms with Gasteiger partial charge in [-0.25, -0.2) is 0 Å². The third-order valence-corrected chi connectivity index (χ3v) is 4.66. The summed E-state index contributed by atoms with van der Waals surface area (Å²) in [5.74, 6) is 0.184. The third kappa shape index (κ3) is 6.09. The van der Waals surface area contributed by atoms with E-state index in [1.54, 1.807) is 0 Å². The van der Waals surface area contributed by atoms with Crippen molar-refractivity contribution in [3.63, 3.8) is 0 Å². The first-order valence-electron chi connectivity index (χ1n) is 8.59. The number of amides is 1. The molecule has 24 heavy (non-hydrogen) atoms. The Labute approximate surface area is 150 Å². The summed E-state index contributed by atoms with van der Waals surface area (Å²) in [7, 11) is 4.15. The van der Waals surface area contributed by atoms with E-state index >= 15 is 0 Å². The maximum atomic E-state index is 12.3. The fourth-order valence-corrected chi connectivity index (χ4v) is 3.10. The van der Waals surface area contributed by atoms with E-state index in [0.717, 1.165) is 56.2 Å². The van der Waals surface area contributed by atoms with Crippen LogP contribution in [-0.2, 0) is 4.79 Å². The summed E-state index contributed by atoms with van der Waals surface area (Å²) in [6.45, 7) is 3.63. The minimum absolute atomic E-state index is 0.0676. The van der Waals surface area contributed by atoms with Crippen molar-refractivity contribution in [2.24, 2.45) is 5.92 Å². The van der Waals surface area contributed by atoms with Crippen molar-refractivity contribution < 1.29 is 4.79 Å². The summed E-state index contributed by atoms with van der Waals surface area (Å²) in [5, 5.41) is 7.13. The molecule has 1 heterocycles. The quantitative estimate of drug-likeness (QED) is 0.609. The number of anilines is 1. The summed E-state index contributed by atoms with van der Waals surface area (Å²) in [5.41, 5.74) is 0.864. The Hall–Kier alpha value is -1.66. The number of piperidine rings is 1. The van der Waals surface area contributed by atoms with Gasteiger partial charge in [-0.3, -0.25) is 4.79 Å². The first-order chi connectivity index (χ1) is 11.6. The van der Waals surface area contributed by atoms with Crippen LogP contribution >= 0.6 is 12.2 Å². The molecule has 1 aliphatic rings. The molecule has 0 bridgehead atoms. The van der Waals surface area contributed by atoms with Gasteiger partial charge in [-0.05, 0) is 64.3 Å². The van der Waals surface area contributed by atoms with Crippen molar-refractivity contribution in [3.05, 3.63) is 30.3 Å². The molecule has 1 aromatic carbocycles. The number of nitrogens with one attached hydrogen (secondary N) is 2. The first-order valence-corrected chi connectivity index (χ1v) is 9.00. The van der Waals surface area contributed by atoms with Crippen LogP contribution in [0.5, 0.6) is 0 Å². The molecular formula is C18H28N4OS. The van der Waals surface area contributed by atoms with Crippen LogP contribution in [0.4, 0.5) is 5.69 Å². The molecule has 0 unspecified atom stereocenters. The number of para-hydroxylation sites is 1. The molecule has 1 fully saturated rings. The van der Waals surface area contributed by atoms with E-state index in [0.29, 0.717) is 0 Å². The molecule has 1 aliphatic heterocycles. The Bertz CT molecular complexity index is 527. The number of carbonyl (C=O) groups is 1. The Kier molecular flexibility index (Phi) is 7.46. The largest absolute Gasteiger partial charge is 0.363 e. The van der Waals surface area contributed by atoms with E-state index in [1.165, 1.54) is 0 Å². The standard InChI is InChI=1S/C18H28N4OS/c1-21(2)12-6-11-19-18(24)22-13-9-15(10-14-22)17(23)20-16-7-4-3-5-8-16/h3-5,7-8,15H,6,9-14H2,1-2H3,(H,19,24)(H,20,23). The number of benzene rings is 1. The normalized spacial score (nSPS) is 15.4. The molecule has 0 radical (unpaired) electrons. The number of likely N-dealkylation sites (tertiary alicyclic amines) is 1. The Morgan fingerprint density at radius 3 is 2.54 bits per heavy atom. The van der Waals surface area contributed by atoms with Crippen LogP contribution in [0.25, 0.3) is 0 Å². The van der Waals surface area contributed by atoms with Gasteiger partial charge < -0.3 is 20.4 Å². The maximum absolute atomic E-state index is 12.3. The number of hydrogen-bond acceptors (Lipinski definition) is 3. The predicted octanol–water partition coefficient (Wildman–Crippen LogP) is 2.16. The molecule has 0 atom stereocenters. The number of carbonyl (C=O) groups excluding carboxylic acids is 1. The van der Waals surface area contributed by atoms with Crippen molar-refractivity contribution in [3.8, 4) is 0 Å². The molecule has 2 rings (SSSR count). The highest BCUT2D eigenvalue weighted by Gasteiger charge is 2.26. The Morgan fingerprint density at radius 2 is 1.92 bits per heavy atom. The second-order valence-electron chi connectivity index (χ2n) is 6.51. The zero-order chi connectivity index (χ0) is 17.4. The van der Waals surface area contributed by atoms with Crippen LogP contribution in [0.2, 0.25) is 0 Å². The molecule has 6 heteroatoms. The van der Waals surface area contributed by atoms with Crippen molar-refractivity contribution in [2.75, 3.05) is 45.6 Å². The highest BCUT2D eigenvalue weighted by molar-refractivity contribution is 7.80. The van der Waals surface area contributed by atoms with E-state index in [1.807, 2.05) is 30.3 Å². The summed E-state index contributed by atoms with van der Waals surface area (Å²) >= 11 is 5.46. The van der Waals surface area contributed by atoms with Gasteiger partial charge in [-0.15, -0.1) is 0 Å². The van der Waals surface area contributed by atoms with Crippen LogP contribution in [0, 0.1) is 5.92 Å². The molecule has 1 amide bonds. The van der Waals surface area contributed by atoms with Gasteiger partial charge in [0.2, 0.25) is 5.91 Å². The van der Waals surface area contributed by atoms with E-state index in [9.17, 15) is 4.79 Å². The average molecular weight is 349 g/mol. The van der Waals surface area contributed by atoms with Crippen LogP contribution in [0.1, 0.15) is 19.3 Å². The first kappa shape index (κ1) is 18.7. The lowest BCUT2D eigenvalue weighted by Gasteiger charge is -2.33. The predicted molar refractivity (Wildman–Crippen MR) is 103 cm³/mol. The van der Waals surface area contributed by atoms with Gasteiger partial charge in [0.25, 0.3) is 0 Å². The topological polar surface area (TPSA) is 47.6 Å². The molecule has 1 aromatic rings. The third-order valence-electron chi connectivity index (χ3n) is 4.25. The van der Waals surface area contributed by atoms with E-state index in [2.05, 4.69) is 34.5 Å². The summed E-state index contributed by atoms with van der Waals surface area (Å²) < 4.78 is 0. The van der Waals surface area contributed by atoms with Gasteiger partial charge in [0.05, 0.1) is 0 Å². The molecule has 132 valence electrons. The summed E-state index contributed by atoms with van der Waals surface area (Å²) in [6.07, 6.45) is 2.76. The van der Waals surface area contributed by atoms with Crippen molar-refractivity contribution in [1.29, 1.82) is 0 Å². The molecule has 1 saturated heterocycles. The van der Waals surface area contributed by atoms with Gasteiger partial charge in [-0.1, -0.05) is 18.2 Å². The fraction of sp³-hybridized carbons (Fsp3) is 0.556. The molecule has 0 aromatic heterocycles. The molecular weight excluding hydrogens is 320 g/mol. The number of nitrogens with zero attached hydrogens (tertiary/aromatic N) is 2. The molecule has 5 nitrogen and oxygen atoms in total. The summed E-state index contributed by atoms with van der Waals surface area (Å²) in [6, 6.07) is 9.64. The fourth-order valence-electron chi connectivity index (χ4n) is 2.81. The molecule has 0 aliphatic carbocycles. The molecule has 2 N–H and O–H groups in total. The van der Waals surface area contributed by atoms with Gasteiger partial charge in [-0.2, -0.15) is 0 Å². The van der Waals surface area contributed by atoms with Gasteiger partial charge in [0, 0.05) is 31.2 Å². The molecule has 0 saturated carbocycles. The lowest BCUT2D eigenvalue weighted by molar-refractivity contribution is -0.120. The van der Waals surface area contributed by atoms with Crippen LogP contribution < -0.4 is 10.6 Å². The molecule has 0 spiro atoms. The zero-order valence-corrected chi connectivity index (χ0v) is 15.4. The SMILES string of the molecule is CN(C)CCCNC(=S)N1CCC(C(=O)Nc2ccccc2)CC1. The monoisotopic (exact) mass is 348 g/mol. The second kappa shape index (κ2) is 9.59. The Balaban J connectivity index is 1.69. The number of hydrogen-bond donors (Lipinski definition) is 2.